The number of halogens is 2. The van der Waals surface area contributed by atoms with E-state index in [0.717, 1.165) is 3.57 Å². The van der Waals surface area contributed by atoms with Crippen molar-refractivity contribution in [3.63, 3.8) is 0 Å². The maximum atomic E-state index is 13.2. The average Bonchev–Trinajstić information content (AvgIpc) is 3.09. The SMILES string of the molecule is C=C=C(N[C@@H]1CCN([C@@H](CC(C)C)C(=O)NC(C=O)CC(=O)O)C1=O)c1c(Cl)cccc1I. The fourth-order valence-electron chi connectivity index (χ4n) is 3.69. The monoisotopic (exact) mass is 587 g/mol. The number of carbonyl (C=O) groups is 4. The van der Waals surface area contributed by atoms with Crippen molar-refractivity contribution in [2.45, 2.75) is 51.2 Å². The van der Waals surface area contributed by atoms with Crippen LogP contribution in [-0.2, 0) is 19.2 Å². The minimum absolute atomic E-state index is 0.0862. The summed E-state index contributed by atoms with van der Waals surface area (Å²) in [5.74, 6) is -1.93. The number of carbonyl (C=O) groups excluding carboxylic acids is 3. The molecule has 1 heterocycles. The molecule has 1 aromatic rings. The molecule has 0 aliphatic carbocycles. The van der Waals surface area contributed by atoms with Crippen LogP contribution in [0.1, 0.15) is 38.7 Å². The lowest BCUT2D eigenvalue weighted by Gasteiger charge is -2.29. The highest BCUT2D eigenvalue weighted by Crippen LogP contribution is 2.29. The molecule has 3 N–H and O–H groups in total. The van der Waals surface area contributed by atoms with Crippen molar-refractivity contribution in [1.82, 2.24) is 15.5 Å². The molecule has 3 atom stereocenters. The van der Waals surface area contributed by atoms with Gasteiger partial charge in [-0.1, -0.05) is 38.1 Å². The lowest BCUT2D eigenvalue weighted by molar-refractivity contribution is -0.141. The minimum Gasteiger partial charge on any atom is -0.481 e. The van der Waals surface area contributed by atoms with Gasteiger partial charge in [-0.3, -0.25) is 14.4 Å². The molecule has 1 aromatic carbocycles. The molecule has 0 saturated carbocycles. The number of aliphatic carboxylic acids is 1. The van der Waals surface area contributed by atoms with Crippen LogP contribution in [-0.4, -0.2) is 58.7 Å². The maximum absolute atomic E-state index is 13.2. The predicted molar refractivity (Wildman–Crippen MR) is 133 cm³/mol. The number of amides is 2. The number of aldehydes is 1. The number of hydrogen-bond donors (Lipinski definition) is 3. The van der Waals surface area contributed by atoms with Crippen LogP contribution in [0.15, 0.2) is 30.5 Å². The van der Waals surface area contributed by atoms with Gasteiger partial charge in [-0.15, -0.1) is 5.73 Å². The van der Waals surface area contributed by atoms with E-state index < -0.39 is 36.4 Å². The van der Waals surface area contributed by atoms with Crippen molar-refractivity contribution in [3.8, 4) is 0 Å². The molecule has 2 amide bonds. The lowest BCUT2D eigenvalue weighted by Crippen LogP contribution is -2.52. The van der Waals surface area contributed by atoms with Crippen LogP contribution < -0.4 is 10.6 Å². The second kappa shape index (κ2) is 12.2. The largest absolute Gasteiger partial charge is 0.481 e. The van der Waals surface area contributed by atoms with Crippen LogP contribution in [0.3, 0.4) is 0 Å². The van der Waals surface area contributed by atoms with E-state index in [9.17, 15) is 19.2 Å². The summed E-state index contributed by atoms with van der Waals surface area (Å²) in [6, 6.07) is 2.86. The number of rotatable bonds is 11. The highest BCUT2D eigenvalue weighted by Gasteiger charge is 2.40. The van der Waals surface area contributed by atoms with Gasteiger partial charge in [0.25, 0.3) is 0 Å². The molecule has 1 unspecified atom stereocenters. The van der Waals surface area contributed by atoms with Crippen molar-refractivity contribution < 1.29 is 24.3 Å². The summed E-state index contributed by atoms with van der Waals surface area (Å²) in [5.41, 5.74) is 4.01. The first-order valence-electron chi connectivity index (χ1n) is 10.5. The van der Waals surface area contributed by atoms with E-state index in [1.165, 1.54) is 4.90 Å². The first kappa shape index (κ1) is 26.9. The number of hydrogen-bond acceptors (Lipinski definition) is 5. The van der Waals surface area contributed by atoms with Crippen LogP contribution >= 0.6 is 34.2 Å². The van der Waals surface area contributed by atoms with Gasteiger partial charge in [0.15, 0.2) is 0 Å². The molecule has 1 aliphatic heterocycles. The lowest BCUT2D eigenvalue weighted by atomic mass is 10.0. The number of nitrogens with one attached hydrogen (secondary N) is 2. The number of benzene rings is 1. The smallest absolute Gasteiger partial charge is 0.305 e. The number of likely N-dealkylation sites (tertiary alicyclic amines) is 1. The van der Waals surface area contributed by atoms with Crippen molar-refractivity contribution in [1.29, 1.82) is 0 Å². The van der Waals surface area contributed by atoms with E-state index in [1.54, 1.807) is 6.07 Å². The Morgan fingerprint density at radius 2 is 2.12 bits per heavy atom. The van der Waals surface area contributed by atoms with Gasteiger partial charge in [0, 0.05) is 15.7 Å². The molecular formula is C23H27ClIN3O5. The topological polar surface area (TPSA) is 116 Å². The molecule has 1 saturated heterocycles. The van der Waals surface area contributed by atoms with Crippen molar-refractivity contribution in [3.05, 3.63) is 44.7 Å². The molecule has 1 fully saturated rings. The van der Waals surface area contributed by atoms with Gasteiger partial charge in [-0.25, -0.2) is 0 Å². The summed E-state index contributed by atoms with van der Waals surface area (Å²) >= 11 is 8.49. The third-order valence-corrected chi connectivity index (χ3v) is 6.42. The number of carboxylic acids is 1. The Morgan fingerprint density at radius 3 is 2.67 bits per heavy atom. The average molecular weight is 588 g/mol. The number of nitrogens with zero attached hydrogens (tertiary/aromatic N) is 1. The second-order valence-corrected chi connectivity index (χ2v) is 9.73. The zero-order valence-corrected chi connectivity index (χ0v) is 21.4. The Hall–Kier alpha value is -2.36. The molecule has 0 bridgehead atoms. The molecule has 33 heavy (non-hydrogen) atoms. The normalized spacial score (nSPS) is 17.3. The van der Waals surface area contributed by atoms with Crippen molar-refractivity contribution >= 4 is 64.0 Å². The summed E-state index contributed by atoms with van der Waals surface area (Å²) in [6.45, 7) is 7.89. The Kier molecular flexibility index (Phi) is 9.94. The van der Waals surface area contributed by atoms with Gasteiger partial charge in [0.05, 0.1) is 23.2 Å². The Morgan fingerprint density at radius 1 is 1.42 bits per heavy atom. The summed E-state index contributed by atoms with van der Waals surface area (Å²) in [4.78, 5) is 49.8. The van der Waals surface area contributed by atoms with Crippen LogP contribution in [0, 0.1) is 9.49 Å². The molecule has 0 aromatic heterocycles. The molecule has 0 spiro atoms. The molecule has 8 nitrogen and oxygen atoms in total. The summed E-state index contributed by atoms with van der Waals surface area (Å²) < 4.78 is 0.872. The summed E-state index contributed by atoms with van der Waals surface area (Å²) in [5, 5.41) is 15.1. The van der Waals surface area contributed by atoms with Gasteiger partial charge in [-0.2, -0.15) is 0 Å². The van der Waals surface area contributed by atoms with E-state index in [0.29, 0.717) is 42.0 Å². The first-order chi connectivity index (χ1) is 15.6. The van der Waals surface area contributed by atoms with Crippen LogP contribution in [0.2, 0.25) is 5.02 Å². The standard InChI is InChI=1S/C23H27ClIN3O5/c1-4-17(21-15(24)6-5-7-16(21)25)27-18-8-9-28(23(18)33)19(10-13(2)3)22(32)26-14(12-29)11-20(30)31/h5-7,12-14,18-19,27H,1,8-11H2,2-3H3,(H,26,32)(H,30,31)/t14?,18-,19+/m1/s1. The van der Waals surface area contributed by atoms with Crippen LogP contribution in [0.5, 0.6) is 0 Å². The van der Waals surface area contributed by atoms with E-state index in [1.807, 2.05) is 26.0 Å². The van der Waals surface area contributed by atoms with Crippen molar-refractivity contribution in [2.75, 3.05) is 6.54 Å². The third kappa shape index (κ3) is 7.06. The fraction of sp³-hybridized carbons (Fsp3) is 0.435. The molecule has 1 aliphatic rings. The van der Waals surface area contributed by atoms with Gasteiger partial charge in [0.2, 0.25) is 11.8 Å². The highest BCUT2D eigenvalue weighted by atomic mass is 127. The highest BCUT2D eigenvalue weighted by molar-refractivity contribution is 14.1. The second-order valence-electron chi connectivity index (χ2n) is 8.16. The summed E-state index contributed by atoms with van der Waals surface area (Å²) in [6.07, 6.45) is 0.682. The van der Waals surface area contributed by atoms with Gasteiger partial charge < -0.3 is 25.4 Å². The molecule has 178 valence electrons. The van der Waals surface area contributed by atoms with Crippen LogP contribution in [0.4, 0.5) is 0 Å². The fourth-order valence-corrected chi connectivity index (χ4v) is 4.89. The quantitative estimate of drug-likeness (QED) is 0.208. The van der Waals surface area contributed by atoms with Gasteiger partial charge in [0.1, 0.15) is 18.4 Å². The van der Waals surface area contributed by atoms with Crippen molar-refractivity contribution in [2.24, 2.45) is 5.92 Å². The molecule has 10 heteroatoms. The maximum Gasteiger partial charge on any atom is 0.305 e. The van der Waals surface area contributed by atoms with Crippen LogP contribution in [0.25, 0.3) is 5.70 Å². The third-order valence-electron chi connectivity index (χ3n) is 5.21. The van der Waals surface area contributed by atoms with E-state index in [-0.39, 0.29) is 11.8 Å². The Labute approximate surface area is 211 Å². The zero-order valence-electron chi connectivity index (χ0n) is 18.4. The molecular weight excluding hydrogens is 561 g/mol. The van der Waals surface area contributed by atoms with E-state index >= 15 is 0 Å². The first-order valence-corrected chi connectivity index (χ1v) is 11.9. The number of carboxylic acid groups (broad SMARTS) is 1. The predicted octanol–water partition coefficient (Wildman–Crippen LogP) is 2.83. The zero-order chi connectivity index (χ0) is 24.7. The molecule has 0 radical (unpaired) electrons. The minimum atomic E-state index is -1.20. The Bertz CT molecular complexity index is 957. The summed E-state index contributed by atoms with van der Waals surface area (Å²) in [7, 11) is 0. The van der Waals surface area contributed by atoms with E-state index in [4.69, 9.17) is 16.7 Å². The van der Waals surface area contributed by atoms with Gasteiger partial charge >= 0.3 is 5.97 Å². The molecule has 2 rings (SSSR count). The van der Waals surface area contributed by atoms with Gasteiger partial charge in [-0.05, 0) is 53.5 Å². The van der Waals surface area contributed by atoms with E-state index in [2.05, 4.69) is 45.5 Å². The Balaban J connectivity index is 2.20.